The Balaban J connectivity index is 1.59. The molecule has 4 rings (SSSR count). The number of hydrogen-bond donors (Lipinski definition) is 1. The maximum atomic E-state index is 12.3. The number of anilines is 1. The normalized spacial score (nSPS) is 11.5. The van der Waals surface area contributed by atoms with Crippen molar-refractivity contribution < 1.29 is 8.42 Å². The van der Waals surface area contributed by atoms with E-state index < -0.39 is 10.0 Å². The van der Waals surface area contributed by atoms with Crippen molar-refractivity contribution in [1.29, 1.82) is 0 Å². The molecule has 0 saturated carbocycles. The Morgan fingerprint density at radius 1 is 0.880 bits per heavy atom. The number of hydrogen-bond acceptors (Lipinski definition) is 5. The van der Waals surface area contributed by atoms with E-state index >= 15 is 0 Å². The van der Waals surface area contributed by atoms with Gasteiger partial charge in [0.15, 0.2) is 5.65 Å². The van der Waals surface area contributed by atoms with Crippen LogP contribution in [0.4, 0.5) is 5.69 Å². The number of sulfonamides is 1. The van der Waals surface area contributed by atoms with Crippen LogP contribution < -0.4 is 4.72 Å². The van der Waals surface area contributed by atoms with Gasteiger partial charge < -0.3 is 0 Å². The highest BCUT2D eigenvalue weighted by Crippen LogP contribution is 2.21. The summed E-state index contributed by atoms with van der Waals surface area (Å²) < 4.78 is 28.8. The van der Waals surface area contributed by atoms with Gasteiger partial charge >= 0.3 is 0 Å². The summed E-state index contributed by atoms with van der Waals surface area (Å²) in [5, 5.41) is 12.1. The average Bonchev–Trinajstić information content (AvgIpc) is 3.10. The van der Waals surface area contributed by atoms with E-state index in [1.165, 1.54) is 6.33 Å². The minimum Gasteiger partial charge on any atom is -0.280 e. The molecular weight excluding hydrogens is 338 g/mol. The van der Waals surface area contributed by atoms with E-state index in [4.69, 9.17) is 0 Å². The second kappa shape index (κ2) is 5.99. The van der Waals surface area contributed by atoms with Gasteiger partial charge in [-0.15, -0.1) is 10.2 Å². The first-order chi connectivity index (χ1) is 12.1. The predicted molar refractivity (Wildman–Crippen MR) is 93.5 cm³/mol. The van der Waals surface area contributed by atoms with Crippen molar-refractivity contribution in [2.75, 3.05) is 4.72 Å². The van der Waals surface area contributed by atoms with Crippen LogP contribution in [0.1, 0.15) is 0 Å². The highest BCUT2D eigenvalue weighted by atomic mass is 32.2. The van der Waals surface area contributed by atoms with Crippen molar-refractivity contribution in [3.8, 4) is 11.3 Å². The van der Waals surface area contributed by atoms with Crippen LogP contribution in [-0.2, 0) is 10.0 Å². The first kappa shape index (κ1) is 15.3. The van der Waals surface area contributed by atoms with Gasteiger partial charge in [-0.25, -0.2) is 8.42 Å². The number of benzene rings is 2. The molecule has 2 heterocycles. The van der Waals surface area contributed by atoms with Crippen molar-refractivity contribution in [2.24, 2.45) is 0 Å². The van der Waals surface area contributed by atoms with Crippen molar-refractivity contribution in [1.82, 2.24) is 19.8 Å². The molecule has 0 unspecified atom stereocenters. The monoisotopic (exact) mass is 351 g/mol. The first-order valence-electron chi connectivity index (χ1n) is 7.47. The molecule has 4 aromatic rings. The quantitative estimate of drug-likeness (QED) is 0.610. The van der Waals surface area contributed by atoms with Crippen molar-refractivity contribution in [2.45, 2.75) is 4.90 Å². The van der Waals surface area contributed by atoms with E-state index in [9.17, 15) is 8.42 Å². The fraction of sp³-hybridized carbons (Fsp3) is 0. The zero-order valence-electron chi connectivity index (χ0n) is 12.9. The first-order valence-corrected chi connectivity index (χ1v) is 8.95. The summed E-state index contributed by atoms with van der Waals surface area (Å²) in [6.07, 6.45) is 1.53. The number of nitrogens with zero attached hydrogens (tertiary/aromatic N) is 4. The second-order valence-corrected chi connectivity index (χ2v) is 7.03. The van der Waals surface area contributed by atoms with Gasteiger partial charge in [0.2, 0.25) is 0 Å². The Bertz CT molecular complexity index is 1120. The smallest absolute Gasteiger partial charge is 0.261 e. The van der Waals surface area contributed by atoms with E-state index in [2.05, 4.69) is 20.0 Å². The summed E-state index contributed by atoms with van der Waals surface area (Å²) in [4.78, 5) is 0.221. The molecule has 2 aromatic carbocycles. The Morgan fingerprint density at radius 2 is 1.64 bits per heavy atom. The number of rotatable bonds is 4. The van der Waals surface area contributed by atoms with Gasteiger partial charge in [-0.2, -0.15) is 9.61 Å². The highest BCUT2D eigenvalue weighted by molar-refractivity contribution is 7.92. The molecule has 0 aliphatic heterocycles. The Kier molecular flexibility index (Phi) is 3.66. The fourth-order valence-electron chi connectivity index (χ4n) is 2.41. The zero-order valence-corrected chi connectivity index (χ0v) is 13.8. The lowest BCUT2D eigenvalue weighted by molar-refractivity contribution is 0.601. The fourth-order valence-corrected chi connectivity index (χ4v) is 3.48. The number of fused-ring (bicyclic) bond motifs is 1. The molecular formula is C17H13N5O2S. The average molecular weight is 351 g/mol. The van der Waals surface area contributed by atoms with Crippen molar-refractivity contribution in [3.63, 3.8) is 0 Å². The van der Waals surface area contributed by atoms with E-state index in [0.717, 1.165) is 11.3 Å². The van der Waals surface area contributed by atoms with Gasteiger partial charge in [0, 0.05) is 11.3 Å². The van der Waals surface area contributed by atoms with Crippen LogP contribution in [-0.4, -0.2) is 28.2 Å². The van der Waals surface area contributed by atoms with Crippen LogP contribution in [0.5, 0.6) is 0 Å². The molecule has 0 atom stereocenters. The van der Waals surface area contributed by atoms with Crippen LogP contribution in [0, 0.1) is 0 Å². The maximum absolute atomic E-state index is 12.3. The standard InChI is InChI=1S/C17H13N5O2S/c23-25(24,15-4-2-1-3-5-15)21-14-8-6-13(7-9-14)16-10-11-17-19-18-12-22(17)20-16/h1-12,21H. The van der Waals surface area contributed by atoms with Gasteiger partial charge in [-0.1, -0.05) is 30.3 Å². The molecule has 7 nitrogen and oxygen atoms in total. The third kappa shape index (κ3) is 3.07. The molecule has 0 saturated heterocycles. The van der Waals surface area contributed by atoms with Gasteiger partial charge in [0.1, 0.15) is 6.33 Å². The summed E-state index contributed by atoms with van der Waals surface area (Å²) in [5.74, 6) is 0. The summed E-state index contributed by atoms with van der Waals surface area (Å²) in [6.45, 7) is 0. The third-order valence-corrected chi connectivity index (χ3v) is 5.05. The van der Waals surface area contributed by atoms with Crippen LogP contribution >= 0.6 is 0 Å². The molecule has 0 fully saturated rings. The van der Waals surface area contributed by atoms with Crippen LogP contribution in [0.15, 0.2) is 78.0 Å². The zero-order chi connectivity index (χ0) is 17.3. The number of nitrogens with one attached hydrogen (secondary N) is 1. The second-order valence-electron chi connectivity index (χ2n) is 5.35. The van der Waals surface area contributed by atoms with Gasteiger partial charge in [0.25, 0.3) is 10.0 Å². The van der Waals surface area contributed by atoms with Gasteiger partial charge in [-0.3, -0.25) is 4.72 Å². The molecule has 124 valence electrons. The van der Waals surface area contributed by atoms with Crippen molar-refractivity contribution in [3.05, 3.63) is 73.1 Å². The van der Waals surface area contributed by atoms with Crippen LogP contribution in [0.3, 0.4) is 0 Å². The molecule has 0 spiro atoms. The summed E-state index contributed by atoms with van der Waals surface area (Å²) >= 11 is 0. The van der Waals surface area contributed by atoms with E-state index in [0.29, 0.717) is 11.3 Å². The topological polar surface area (TPSA) is 89.2 Å². The minimum atomic E-state index is -3.60. The highest BCUT2D eigenvalue weighted by Gasteiger charge is 2.13. The molecule has 0 bridgehead atoms. The Hall–Kier alpha value is -3.26. The lowest BCUT2D eigenvalue weighted by Gasteiger charge is -2.09. The van der Waals surface area contributed by atoms with E-state index in [1.54, 1.807) is 59.1 Å². The van der Waals surface area contributed by atoms with Crippen LogP contribution in [0.2, 0.25) is 0 Å². The lowest BCUT2D eigenvalue weighted by Crippen LogP contribution is -2.12. The lowest BCUT2D eigenvalue weighted by atomic mass is 10.1. The maximum Gasteiger partial charge on any atom is 0.261 e. The van der Waals surface area contributed by atoms with Gasteiger partial charge in [-0.05, 0) is 36.4 Å². The molecule has 1 N–H and O–H groups in total. The summed E-state index contributed by atoms with van der Waals surface area (Å²) in [5.41, 5.74) is 2.75. The third-order valence-electron chi connectivity index (χ3n) is 3.65. The van der Waals surface area contributed by atoms with Crippen molar-refractivity contribution >= 4 is 21.4 Å². The largest absolute Gasteiger partial charge is 0.280 e. The predicted octanol–water partition coefficient (Wildman–Crippen LogP) is 2.59. The molecule has 25 heavy (non-hydrogen) atoms. The summed E-state index contributed by atoms with van der Waals surface area (Å²) in [6, 6.07) is 18.9. The summed E-state index contributed by atoms with van der Waals surface area (Å²) in [7, 11) is -3.60. The molecule has 0 aliphatic carbocycles. The molecule has 0 aliphatic rings. The van der Waals surface area contributed by atoms with Gasteiger partial charge in [0.05, 0.1) is 10.6 Å². The molecule has 0 radical (unpaired) electrons. The number of aromatic nitrogens is 4. The SMILES string of the molecule is O=S(=O)(Nc1ccc(-c2ccc3nncn3n2)cc1)c1ccccc1. The molecule has 8 heteroatoms. The molecule has 2 aromatic heterocycles. The molecule has 0 amide bonds. The van der Waals surface area contributed by atoms with Crippen LogP contribution in [0.25, 0.3) is 16.9 Å². The Labute approximate surface area is 144 Å². The Morgan fingerprint density at radius 3 is 2.40 bits per heavy atom. The van der Waals surface area contributed by atoms with E-state index in [-0.39, 0.29) is 4.90 Å². The van der Waals surface area contributed by atoms with E-state index in [1.807, 2.05) is 12.1 Å². The minimum absolute atomic E-state index is 0.221.